The third-order valence-corrected chi connectivity index (χ3v) is 2.99. The lowest BCUT2D eigenvalue weighted by Gasteiger charge is -2.39. The largest absolute Gasteiger partial charge is 0.412 e. The van der Waals surface area contributed by atoms with Gasteiger partial charge in [0.2, 0.25) is 6.73 Å². The second kappa shape index (κ2) is 5.81. The summed E-state index contributed by atoms with van der Waals surface area (Å²) >= 11 is 0. The number of ether oxygens (including phenoxy) is 1. The Kier molecular flexibility index (Phi) is 5.46. The van der Waals surface area contributed by atoms with E-state index in [0.29, 0.717) is 12.8 Å². The highest BCUT2D eigenvalue weighted by molar-refractivity contribution is 5.81. The Hall–Kier alpha value is -0.830. The van der Waals surface area contributed by atoms with E-state index in [4.69, 9.17) is 4.74 Å². The first-order valence-electron chi connectivity index (χ1n) is 5.17. The maximum atomic E-state index is 11.0. The number of nitrogens with zero attached hydrogens (tertiary/aromatic N) is 1. The van der Waals surface area contributed by atoms with Crippen LogP contribution in [0, 0.1) is 0 Å². The molecule has 0 aromatic heterocycles. The molecule has 0 spiro atoms. The van der Waals surface area contributed by atoms with Gasteiger partial charge in [0.05, 0.1) is 19.1 Å². The molecule has 0 amide bonds. The molecular formula is C11H22NO2+. The van der Waals surface area contributed by atoms with Crippen molar-refractivity contribution >= 4 is 5.97 Å². The van der Waals surface area contributed by atoms with Gasteiger partial charge in [0.1, 0.15) is 0 Å². The van der Waals surface area contributed by atoms with Crippen molar-refractivity contribution in [1.82, 2.24) is 0 Å². The van der Waals surface area contributed by atoms with Gasteiger partial charge < -0.3 is 4.74 Å². The minimum atomic E-state index is -0.338. The first-order chi connectivity index (χ1) is 6.52. The minimum absolute atomic E-state index is 0.338. The van der Waals surface area contributed by atoms with Crippen LogP contribution in [-0.4, -0.2) is 36.3 Å². The van der Waals surface area contributed by atoms with Crippen molar-refractivity contribution < 1.29 is 14.0 Å². The van der Waals surface area contributed by atoms with Crippen LogP contribution in [0.4, 0.5) is 0 Å². The van der Waals surface area contributed by atoms with E-state index < -0.39 is 0 Å². The highest BCUT2D eigenvalue weighted by atomic mass is 16.5. The number of carbonyl (C=O) groups excluding carboxylic acids is 1. The summed E-state index contributed by atoms with van der Waals surface area (Å²) in [6.07, 6.45) is 1.21. The lowest BCUT2D eigenvalue weighted by molar-refractivity contribution is -0.959. The Morgan fingerprint density at radius 2 is 1.93 bits per heavy atom. The van der Waals surface area contributed by atoms with Crippen LogP contribution in [-0.2, 0) is 9.53 Å². The fourth-order valence-corrected chi connectivity index (χ4v) is 1.54. The molecule has 0 radical (unpaired) electrons. The predicted molar refractivity (Wildman–Crippen MR) is 57.6 cm³/mol. The molecule has 0 saturated heterocycles. The standard InChI is InChI=1S/C11H22NO2/c1-6-11(13)14-9-12(7-2,8-3)10(4)5/h6,10H,1,7-9H2,2-5H3/q+1. The lowest BCUT2D eigenvalue weighted by Crippen LogP contribution is -2.54. The fraction of sp³-hybridized carbons (Fsp3) is 0.727. The first kappa shape index (κ1) is 13.2. The predicted octanol–water partition coefficient (Wildman–Crippen LogP) is 1.94. The Morgan fingerprint density at radius 1 is 1.43 bits per heavy atom. The van der Waals surface area contributed by atoms with Crippen LogP contribution < -0.4 is 0 Å². The number of rotatable bonds is 6. The second-order valence-electron chi connectivity index (χ2n) is 3.74. The van der Waals surface area contributed by atoms with E-state index in [1.807, 2.05) is 0 Å². The van der Waals surface area contributed by atoms with Crippen molar-refractivity contribution in [2.75, 3.05) is 19.8 Å². The molecule has 0 aromatic carbocycles. The van der Waals surface area contributed by atoms with Crippen molar-refractivity contribution in [3.05, 3.63) is 12.7 Å². The van der Waals surface area contributed by atoms with E-state index in [1.165, 1.54) is 6.08 Å². The summed E-state index contributed by atoms with van der Waals surface area (Å²) in [6.45, 7) is 14.3. The lowest BCUT2D eigenvalue weighted by atomic mass is 10.2. The quantitative estimate of drug-likeness (QED) is 0.283. The molecule has 0 aliphatic rings. The van der Waals surface area contributed by atoms with Gasteiger partial charge in [0.15, 0.2) is 0 Å². The average Bonchev–Trinajstić information content (AvgIpc) is 2.19. The van der Waals surface area contributed by atoms with E-state index in [1.54, 1.807) is 0 Å². The molecule has 0 atom stereocenters. The summed E-state index contributed by atoms with van der Waals surface area (Å²) in [5.74, 6) is -0.338. The molecule has 3 heteroatoms. The Morgan fingerprint density at radius 3 is 2.21 bits per heavy atom. The molecule has 82 valence electrons. The SMILES string of the molecule is C=CC(=O)OC[N+](CC)(CC)C(C)C. The monoisotopic (exact) mass is 200 g/mol. The topological polar surface area (TPSA) is 26.3 Å². The van der Waals surface area contributed by atoms with Gasteiger partial charge in [0.25, 0.3) is 0 Å². The van der Waals surface area contributed by atoms with Gasteiger partial charge >= 0.3 is 5.97 Å². The highest BCUT2D eigenvalue weighted by Crippen LogP contribution is 2.13. The minimum Gasteiger partial charge on any atom is -0.412 e. The van der Waals surface area contributed by atoms with Crippen LogP contribution in [0.25, 0.3) is 0 Å². The number of carbonyl (C=O) groups is 1. The van der Waals surface area contributed by atoms with E-state index in [2.05, 4.69) is 34.3 Å². The smallest absolute Gasteiger partial charge is 0.334 e. The summed E-state index contributed by atoms with van der Waals surface area (Å²) in [6, 6.07) is 0.461. The molecule has 3 nitrogen and oxygen atoms in total. The van der Waals surface area contributed by atoms with Crippen LogP contribution in [0.1, 0.15) is 27.7 Å². The van der Waals surface area contributed by atoms with Crippen molar-refractivity contribution in [1.29, 1.82) is 0 Å². The van der Waals surface area contributed by atoms with Gasteiger partial charge in [-0.15, -0.1) is 0 Å². The van der Waals surface area contributed by atoms with Gasteiger partial charge in [-0.25, -0.2) is 4.79 Å². The van der Waals surface area contributed by atoms with Crippen molar-refractivity contribution in [3.8, 4) is 0 Å². The third kappa shape index (κ3) is 3.14. The number of hydrogen-bond donors (Lipinski definition) is 0. The van der Waals surface area contributed by atoms with Crippen LogP contribution in [0.3, 0.4) is 0 Å². The van der Waals surface area contributed by atoms with Crippen LogP contribution >= 0.6 is 0 Å². The van der Waals surface area contributed by atoms with Crippen LogP contribution in [0.15, 0.2) is 12.7 Å². The molecule has 14 heavy (non-hydrogen) atoms. The highest BCUT2D eigenvalue weighted by Gasteiger charge is 2.28. The molecule has 0 saturated carbocycles. The number of esters is 1. The first-order valence-corrected chi connectivity index (χ1v) is 5.17. The molecule has 0 N–H and O–H groups in total. The van der Waals surface area contributed by atoms with Crippen LogP contribution in [0.5, 0.6) is 0 Å². The van der Waals surface area contributed by atoms with Crippen LogP contribution in [0.2, 0.25) is 0 Å². The summed E-state index contributed by atoms with van der Waals surface area (Å²) < 4.78 is 5.92. The van der Waals surface area contributed by atoms with E-state index >= 15 is 0 Å². The average molecular weight is 200 g/mol. The summed E-state index contributed by atoms with van der Waals surface area (Å²) in [7, 11) is 0. The van der Waals surface area contributed by atoms with Gasteiger partial charge in [-0.05, 0) is 27.7 Å². The Labute approximate surface area is 86.9 Å². The van der Waals surface area contributed by atoms with Crippen molar-refractivity contribution in [2.45, 2.75) is 33.7 Å². The molecule has 0 bridgehead atoms. The zero-order chi connectivity index (χ0) is 11.2. The number of quaternary nitrogens is 1. The Balaban J connectivity index is 4.36. The number of hydrogen-bond acceptors (Lipinski definition) is 2. The van der Waals surface area contributed by atoms with Gasteiger partial charge in [-0.2, -0.15) is 0 Å². The third-order valence-electron chi connectivity index (χ3n) is 2.99. The van der Waals surface area contributed by atoms with Crippen molar-refractivity contribution in [2.24, 2.45) is 0 Å². The van der Waals surface area contributed by atoms with E-state index in [9.17, 15) is 4.79 Å². The zero-order valence-electron chi connectivity index (χ0n) is 9.75. The van der Waals surface area contributed by atoms with Gasteiger partial charge in [0, 0.05) is 6.08 Å². The maximum absolute atomic E-state index is 11.0. The molecule has 0 aliphatic carbocycles. The normalized spacial score (nSPS) is 11.5. The van der Waals surface area contributed by atoms with Gasteiger partial charge in [-0.1, -0.05) is 6.58 Å². The maximum Gasteiger partial charge on any atom is 0.334 e. The van der Waals surface area contributed by atoms with E-state index in [0.717, 1.165) is 17.6 Å². The molecule has 0 rings (SSSR count). The second-order valence-corrected chi connectivity index (χ2v) is 3.74. The van der Waals surface area contributed by atoms with Crippen molar-refractivity contribution in [3.63, 3.8) is 0 Å². The van der Waals surface area contributed by atoms with Gasteiger partial charge in [-0.3, -0.25) is 4.48 Å². The molecular weight excluding hydrogens is 178 g/mol. The summed E-state index contributed by atoms with van der Waals surface area (Å²) in [4.78, 5) is 11.0. The molecule has 0 unspecified atom stereocenters. The summed E-state index contributed by atoms with van der Waals surface area (Å²) in [5.41, 5.74) is 0. The molecule has 0 fully saturated rings. The summed E-state index contributed by atoms with van der Waals surface area (Å²) in [5, 5.41) is 0. The zero-order valence-corrected chi connectivity index (χ0v) is 9.75. The molecule has 0 heterocycles. The van der Waals surface area contributed by atoms with E-state index in [-0.39, 0.29) is 5.97 Å². The molecule has 0 aliphatic heterocycles. The fourth-order valence-electron chi connectivity index (χ4n) is 1.54. The molecule has 0 aromatic rings. The Bertz CT molecular complexity index is 195.